The van der Waals surface area contributed by atoms with Crippen LogP contribution in [0, 0.1) is 0 Å². The van der Waals surface area contributed by atoms with Crippen LogP contribution in [-0.4, -0.2) is 26.5 Å². The van der Waals surface area contributed by atoms with Crippen molar-refractivity contribution in [2.45, 2.75) is 26.4 Å². The Bertz CT molecular complexity index is 484. The van der Waals surface area contributed by atoms with E-state index in [4.69, 9.17) is 4.74 Å². The highest BCUT2D eigenvalue weighted by atomic mass is 16.6. The van der Waals surface area contributed by atoms with E-state index in [9.17, 15) is 4.79 Å². The van der Waals surface area contributed by atoms with E-state index < -0.39 is 11.7 Å². The molecule has 0 bridgehead atoms. The molecule has 0 saturated carbocycles. The molecule has 2 heterocycles. The molecule has 0 aromatic heterocycles. The topological polar surface area (TPSA) is 57.0 Å². The normalized spacial score (nSPS) is 11.7. The van der Waals surface area contributed by atoms with Gasteiger partial charge in [0.05, 0.1) is 11.9 Å². The number of hydrogen-bond acceptors (Lipinski definition) is 4. The third kappa shape index (κ3) is 2.18. The number of nitrogens with zero attached hydrogens (tertiary/aromatic N) is 3. The molecular formula is C11H13N3O2. The lowest BCUT2D eigenvalue weighted by Gasteiger charge is -2.20. The summed E-state index contributed by atoms with van der Waals surface area (Å²) in [5.74, 6) is 0. The van der Waals surface area contributed by atoms with Gasteiger partial charge in [0.25, 0.3) is 0 Å². The molecule has 5 heteroatoms. The lowest BCUT2D eigenvalue weighted by atomic mass is 10.2. The van der Waals surface area contributed by atoms with Crippen LogP contribution in [0.2, 0.25) is 0 Å². The highest BCUT2D eigenvalue weighted by molar-refractivity contribution is 5.73. The van der Waals surface area contributed by atoms with Crippen LogP contribution in [0.3, 0.4) is 0 Å². The summed E-state index contributed by atoms with van der Waals surface area (Å²) >= 11 is 0. The highest BCUT2D eigenvalue weighted by Crippen LogP contribution is 2.17. The average molecular weight is 219 g/mol. The van der Waals surface area contributed by atoms with Crippen molar-refractivity contribution < 1.29 is 9.53 Å². The molecule has 16 heavy (non-hydrogen) atoms. The summed E-state index contributed by atoms with van der Waals surface area (Å²) in [5.41, 5.74) is 1.08. The molecule has 0 fully saturated rings. The first-order valence-corrected chi connectivity index (χ1v) is 4.98. The van der Waals surface area contributed by atoms with E-state index in [1.54, 1.807) is 24.7 Å². The molecule has 0 aromatic rings. The van der Waals surface area contributed by atoms with Crippen LogP contribution in [0.15, 0.2) is 24.7 Å². The summed E-state index contributed by atoms with van der Waals surface area (Å²) in [4.78, 5) is 11.7. The SMILES string of the molecule is CC(C)(C)OC(=O)n1ccc2nncc-2c1. The van der Waals surface area contributed by atoms with E-state index in [2.05, 4.69) is 10.2 Å². The van der Waals surface area contributed by atoms with Gasteiger partial charge in [0.15, 0.2) is 0 Å². The Kier molecular flexibility index (Phi) is 2.38. The van der Waals surface area contributed by atoms with Crippen LogP contribution < -0.4 is 0 Å². The molecule has 2 aliphatic heterocycles. The zero-order valence-electron chi connectivity index (χ0n) is 9.47. The van der Waals surface area contributed by atoms with E-state index >= 15 is 0 Å². The quantitative estimate of drug-likeness (QED) is 0.681. The van der Waals surface area contributed by atoms with E-state index in [1.807, 2.05) is 20.8 Å². The number of pyridine rings is 1. The Morgan fingerprint density at radius 1 is 1.44 bits per heavy atom. The van der Waals surface area contributed by atoms with Crippen molar-refractivity contribution in [1.82, 2.24) is 14.8 Å². The van der Waals surface area contributed by atoms with Gasteiger partial charge in [-0.1, -0.05) is 0 Å². The maximum absolute atomic E-state index is 11.7. The molecule has 84 valence electrons. The van der Waals surface area contributed by atoms with E-state index in [0.29, 0.717) is 0 Å². The summed E-state index contributed by atoms with van der Waals surface area (Å²) in [6, 6.07) is 1.73. The number of fused-ring (bicyclic) bond motifs is 1. The fourth-order valence-electron chi connectivity index (χ4n) is 1.28. The van der Waals surface area contributed by atoms with E-state index in [1.165, 1.54) is 4.57 Å². The highest BCUT2D eigenvalue weighted by Gasteiger charge is 2.18. The monoisotopic (exact) mass is 219 g/mol. The molecule has 0 aliphatic carbocycles. The number of carbonyl (C=O) groups excluding carboxylic acids is 1. The van der Waals surface area contributed by atoms with Gasteiger partial charge in [0.1, 0.15) is 5.60 Å². The smallest absolute Gasteiger partial charge is 0.418 e. The van der Waals surface area contributed by atoms with Crippen molar-refractivity contribution in [3.05, 3.63) is 24.7 Å². The van der Waals surface area contributed by atoms with Gasteiger partial charge in [-0.15, -0.1) is 0 Å². The van der Waals surface area contributed by atoms with Gasteiger partial charge in [0, 0.05) is 18.0 Å². The van der Waals surface area contributed by atoms with Crippen molar-refractivity contribution in [2.24, 2.45) is 0 Å². The number of ether oxygens (including phenoxy) is 1. The standard InChI is InChI=1S/C11H13N3O2/c1-11(2,3)16-10(15)14-5-4-9-8(7-14)6-12-13-9/h4-7H,1-3H3. The van der Waals surface area contributed by atoms with E-state index in [-0.39, 0.29) is 0 Å². The maximum Gasteiger partial charge on any atom is 0.418 e. The Hall–Kier alpha value is -1.91. The first kappa shape index (κ1) is 10.6. The molecule has 0 radical (unpaired) electrons. The molecular weight excluding hydrogens is 206 g/mol. The first-order chi connectivity index (χ1) is 7.46. The molecule has 0 aromatic carbocycles. The van der Waals surface area contributed by atoms with Crippen LogP contribution in [-0.2, 0) is 4.74 Å². The zero-order chi connectivity index (χ0) is 11.8. The second-order valence-corrected chi connectivity index (χ2v) is 4.52. The van der Waals surface area contributed by atoms with Gasteiger partial charge in [-0.3, -0.25) is 4.57 Å². The van der Waals surface area contributed by atoms with Gasteiger partial charge < -0.3 is 4.74 Å². The minimum atomic E-state index is -0.498. The number of carbonyl (C=O) groups is 1. The van der Waals surface area contributed by atoms with Gasteiger partial charge in [0.2, 0.25) is 0 Å². The third-order valence-electron chi connectivity index (χ3n) is 1.93. The van der Waals surface area contributed by atoms with Gasteiger partial charge >= 0.3 is 6.09 Å². The lowest BCUT2D eigenvalue weighted by Crippen LogP contribution is -2.27. The number of rotatable bonds is 0. The van der Waals surface area contributed by atoms with Gasteiger partial charge in [-0.25, -0.2) is 4.79 Å². The fourth-order valence-corrected chi connectivity index (χ4v) is 1.28. The van der Waals surface area contributed by atoms with Gasteiger partial charge in [-0.05, 0) is 26.8 Å². The van der Waals surface area contributed by atoms with Crippen LogP contribution in [0.25, 0.3) is 11.3 Å². The third-order valence-corrected chi connectivity index (χ3v) is 1.93. The second kappa shape index (κ2) is 3.59. The Morgan fingerprint density at radius 2 is 2.19 bits per heavy atom. The maximum atomic E-state index is 11.7. The van der Waals surface area contributed by atoms with Crippen LogP contribution in [0.1, 0.15) is 20.8 Å². The molecule has 0 spiro atoms. The molecule has 2 aliphatic rings. The molecule has 0 atom stereocenters. The van der Waals surface area contributed by atoms with Gasteiger partial charge in [-0.2, -0.15) is 10.2 Å². The summed E-state index contributed by atoms with van der Waals surface area (Å²) in [6.45, 7) is 5.49. The molecule has 2 rings (SSSR count). The van der Waals surface area contributed by atoms with Crippen molar-refractivity contribution in [1.29, 1.82) is 0 Å². The summed E-state index contributed by atoms with van der Waals surface area (Å²) in [7, 11) is 0. The minimum absolute atomic E-state index is 0.407. The molecule has 5 nitrogen and oxygen atoms in total. The number of hydrogen-bond donors (Lipinski definition) is 0. The molecule has 0 amide bonds. The summed E-state index contributed by atoms with van der Waals surface area (Å²) < 4.78 is 6.62. The summed E-state index contributed by atoms with van der Waals surface area (Å²) in [6.07, 6.45) is 4.47. The Balaban J connectivity index is 2.27. The minimum Gasteiger partial charge on any atom is -0.443 e. The number of aromatic nitrogens is 3. The van der Waals surface area contributed by atoms with E-state index in [0.717, 1.165) is 11.3 Å². The molecule has 0 unspecified atom stereocenters. The predicted molar refractivity (Wildman–Crippen MR) is 58.3 cm³/mol. The van der Waals surface area contributed by atoms with Crippen LogP contribution >= 0.6 is 0 Å². The molecule has 0 saturated heterocycles. The second-order valence-electron chi connectivity index (χ2n) is 4.52. The molecule has 0 N–H and O–H groups in total. The Labute approximate surface area is 93.4 Å². The summed E-state index contributed by atoms with van der Waals surface area (Å²) in [5, 5.41) is 7.64. The van der Waals surface area contributed by atoms with Crippen molar-refractivity contribution in [3.8, 4) is 11.3 Å². The van der Waals surface area contributed by atoms with Crippen molar-refractivity contribution >= 4 is 6.09 Å². The predicted octanol–water partition coefficient (Wildman–Crippen LogP) is 2.17. The van der Waals surface area contributed by atoms with Crippen LogP contribution in [0.5, 0.6) is 0 Å². The first-order valence-electron chi connectivity index (χ1n) is 4.98. The fraction of sp³-hybridized carbons (Fsp3) is 0.364. The largest absolute Gasteiger partial charge is 0.443 e. The zero-order valence-corrected chi connectivity index (χ0v) is 9.47. The average Bonchev–Trinajstić information content (AvgIpc) is 2.61. The Morgan fingerprint density at radius 3 is 2.88 bits per heavy atom. The van der Waals surface area contributed by atoms with Crippen LogP contribution in [0.4, 0.5) is 4.79 Å². The lowest BCUT2D eigenvalue weighted by molar-refractivity contribution is 0.0536. The van der Waals surface area contributed by atoms with Crippen molar-refractivity contribution in [2.75, 3.05) is 0 Å². The van der Waals surface area contributed by atoms with Crippen molar-refractivity contribution in [3.63, 3.8) is 0 Å².